The number of carboxylic acid groups (broad SMARTS) is 2. The number of nitrogens with zero attached hydrogens (tertiary/aromatic N) is 2. The molecule has 0 aromatic heterocycles. The molecule has 2 aliphatic rings. The van der Waals surface area contributed by atoms with Gasteiger partial charge >= 0.3 is 11.9 Å². The Bertz CT molecular complexity index is 711. The Morgan fingerprint density at radius 1 is 0.852 bits per heavy atom. The van der Waals surface area contributed by atoms with E-state index in [1.807, 2.05) is 6.07 Å². The summed E-state index contributed by atoms with van der Waals surface area (Å²) in [7, 11) is -3.31. The van der Waals surface area contributed by atoms with Gasteiger partial charge in [0.2, 0.25) is 10.0 Å². The van der Waals surface area contributed by atoms with E-state index in [1.54, 1.807) is 28.6 Å². The average Bonchev–Trinajstić information content (AvgIpc) is 2.70. The van der Waals surface area contributed by atoms with Gasteiger partial charge in [-0.2, -0.15) is 4.31 Å². The lowest BCUT2D eigenvalue weighted by atomic mass is 9.94. The van der Waals surface area contributed by atoms with Gasteiger partial charge < -0.3 is 10.2 Å². The molecule has 9 heteroatoms. The predicted molar refractivity (Wildman–Crippen MR) is 98.9 cm³/mol. The van der Waals surface area contributed by atoms with Crippen LogP contribution in [0.4, 0.5) is 0 Å². The van der Waals surface area contributed by atoms with Crippen LogP contribution in [-0.4, -0.2) is 72.0 Å². The minimum absolute atomic E-state index is 0.413. The maximum atomic E-state index is 12.6. The zero-order chi connectivity index (χ0) is 19.9. The molecule has 1 aromatic rings. The van der Waals surface area contributed by atoms with E-state index in [0.29, 0.717) is 24.0 Å². The number of hydrogen-bond donors (Lipinski definition) is 2. The third kappa shape index (κ3) is 6.02. The van der Waals surface area contributed by atoms with Crippen molar-refractivity contribution in [2.24, 2.45) is 0 Å². The van der Waals surface area contributed by atoms with Gasteiger partial charge in [0.05, 0.1) is 4.90 Å². The highest BCUT2D eigenvalue weighted by atomic mass is 32.2. The molecule has 0 unspecified atom stereocenters. The van der Waals surface area contributed by atoms with Crippen molar-refractivity contribution in [3.05, 3.63) is 30.3 Å². The summed E-state index contributed by atoms with van der Waals surface area (Å²) in [4.78, 5) is 21.1. The first-order valence-corrected chi connectivity index (χ1v) is 10.5. The van der Waals surface area contributed by atoms with Crippen LogP contribution in [0.3, 0.4) is 0 Å². The van der Waals surface area contributed by atoms with Gasteiger partial charge in [0.25, 0.3) is 0 Å². The average molecular weight is 398 g/mol. The van der Waals surface area contributed by atoms with Crippen LogP contribution < -0.4 is 0 Å². The van der Waals surface area contributed by atoms with Crippen molar-refractivity contribution in [1.82, 2.24) is 9.21 Å². The zero-order valence-electron chi connectivity index (χ0n) is 15.2. The molecule has 0 atom stereocenters. The van der Waals surface area contributed by atoms with E-state index >= 15 is 0 Å². The number of aliphatic carboxylic acids is 2. The zero-order valence-corrected chi connectivity index (χ0v) is 16.0. The Balaban J connectivity index is 0.000000380. The van der Waals surface area contributed by atoms with Crippen molar-refractivity contribution in [2.45, 2.75) is 43.0 Å². The Morgan fingerprint density at radius 3 is 1.85 bits per heavy atom. The summed E-state index contributed by atoms with van der Waals surface area (Å²) in [5.41, 5.74) is 0. The molecule has 0 amide bonds. The number of hydrogen-bond acceptors (Lipinski definition) is 5. The van der Waals surface area contributed by atoms with Crippen LogP contribution >= 0.6 is 0 Å². The summed E-state index contributed by atoms with van der Waals surface area (Å²) < 4.78 is 26.8. The standard InChI is InChI=1S/C16H24N2O2S.C2H2O4/c19-21(20,16-9-5-2-6-10-16)18-13-11-17(12-14-18)15-7-3-1-4-8-15;3-1(4)2(5)6/h2,5-6,9-10,15H,1,3-4,7-8,11-14H2;(H,3,4)(H,5,6). The van der Waals surface area contributed by atoms with Crippen LogP contribution in [0.5, 0.6) is 0 Å². The molecule has 1 heterocycles. The second-order valence-electron chi connectivity index (χ2n) is 6.66. The van der Waals surface area contributed by atoms with Gasteiger partial charge in [-0.25, -0.2) is 18.0 Å². The Labute approximate surface area is 159 Å². The summed E-state index contributed by atoms with van der Waals surface area (Å²) in [5, 5.41) is 14.8. The van der Waals surface area contributed by atoms with E-state index in [0.717, 1.165) is 13.1 Å². The molecular weight excluding hydrogens is 372 g/mol. The minimum Gasteiger partial charge on any atom is -0.473 e. The second-order valence-corrected chi connectivity index (χ2v) is 8.59. The number of piperazine rings is 1. The number of carboxylic acids is 2. The summed E-state index contributed by atoms with van der Waals surface area (Å²) in [6.45, 7) is 2.98. The van der Waals surface area contributed by atoms with Crippen molar-refractivity contribution < 1.29 is 28.2 Å². The molecule has 0 spiro atoms. The van der Waals surface area contributed by atoms with Crippen LogP contribution in [0.25, 0.3) is 0 Å². The van der Waals surface area contributed by atoms with E-state index in [2.05, 4.69) is 4.90 Å². The first kappa shape index (κ1) is 21.3. The Hall–Kier alpha value is -1.97. The normalized spacial score (nSPS) is 19.7. The van der Waals surface area contributed by atoms with Gasteiger partial charge in [0.15, 0.2) is 0 Å². The van der Waals surface area contributed by atoms with Crippen LogP contribution in [-0.2, 0) is 19.6 Å². The third-order valence-corrected chi connectivity index (χ3v) is 6.84. The quantitative estimate of drug-likeness (QED) is 0.741. The molecule has 1 aromatic carbocycles. The van der Waals surface area contributed by atoms with Crippen molar-refractivity contribution in [1.29, 1.82) is 0 Å². The van der Waals surface area contributed by atoms with Gasteiger partial charge in [-0.1, -0.05) is 37.5 Å². The molecule has 1 aliphatic heterocycles. The van der Waals surface area contributed by atoms with Crippen LogP contribution in [0.1, 0.15) is 32.1 Å². The molecule has 0 bridgehead atoms. The van der Waals surface area contributed by atoms with E-state index in [1.165, 1.54) is 32.1 Å². The molecule has 3 rings (SSSR count). The largest absolute Gasteiger partial charge is 0.473 e. The highest BCUT2D eigenvalue weighted by Gasteiger charge is 2.31. The molecular formula is C18H26N2O6S. The molecule has 150 valence electrons. The Morgan fingerprint density at radius 2 is 1.37 bits per heavy atom. The molecule has 27 heavy (non-hydrogen) atoms. The smallest absolute Gasteiger partial charge is 0.414 e. The van der Waals surface area contributed by atoms with Gasteiger partial charge in [-0.05, 0) is 25.0 Å². The van der Waals surface area contributed by atoms with Crippen LogP contribution in [0.2, 0.25) is 0 Å². The van der Waals surface area contributed by atoms with E-state index in [9.17, 15) is 8.42 Å². The Kier molecular flexibility index (Phi) is 7.76. The number of carbonyl (C=O) groups is 2. The maximum absolute atomic E-state index is 12.6. The van der Waals surface area contributed by atoms with Crippen molar-refractivity contribution in [3.8, 4) is 0 Å². The monoisotopic (exact) mass is 398 g/mol. The van der Waals surface area contributed by atoms with Crippen molar-refractivity contribution >= 4 is 22.0 Å². The molecule has 8 nitrogen and oxygen atoms in total. The second kappa shape index (κ2) is 9.82. The van der Waals surface area contributed by atoms with Crippen molar-refractivity contribution in [2.75, 3.05) is 26.2 Å². The van der Waals surface area contributed by atoms with Gasteiger partial charge in [-0.3, -0.25) is 4.90 Å². The van der Waals surface area contributed by atoms with Gasteiger partial charge in [0, 0.05) is 32.2 Å². The molecule has 1 aliphatic carbocycles. The number of sulfonamides is 1. The molecule has 1 saturated carbocycles. The molecule has 2 fully saturated rings. The van der Waals surface area contributed by atoms with E-state index < -0.39 is 22.0 Å². The van der Waals surface area contributed by atoms with E-state index in [4.69, 9.17) is 19.8 Å². The van der Waals surface area contributed by atoms with Crippen LogP contribution in [0, 0.1) is 0 Å². The number of rotatable bonds is 3. The lowest BCUT2D eigenvalue weighted by Crippen LogP contribution is -2.52. The molecule has 0 radical (unpaired) electrons. The van der Waals surface area contributed by atoms with Crippen molar-refractivity contribution in [3.63, 3.8) is 0 Å². The summed E-state index contributed by atoms with van der Waals surface area (Å²) in [6.07, 6.45) is 6.58. The topological polar surface area (TPSA) is 115 Å². The SMILES string of the molecule is O=C(O)C(=O)O.O=S(=O)(c1ccccc1)N1CCN(C2CCCCC2)CC1. The van der Waals surface area contributed by atoms with E-state index in [-0.39, 0.29) is 0 Å². The van der Waals surface area contributed by atoms with Gasteiger partial charge in [-0.15, -0.1) is 0 Å². The predicted octanol–water partition coefficient (Wildman–Crippen LogP) is 1.48. The number of benzene rings is 1. The highest BCUT2D eigenvalue weighted by molar-refractivity contribution is 7.89. The summed E-state index contributed by atoms with van der Waals surface area (Å²) in [5.74, 6) is -3.65. The minimum atomic E-state index is -3.31. The van der Waals surface area contributed by atoms with Gasteiger partial charge in [0.1, 0.15) is 0 Å². The summed E-state index contributed by atoms with van der Waals surface area (Å²) in [6, 6.07) is 9.46. The lowest BCUT2D eigenvalue weighted by Gasteiger charge is -2.40. The molecule has 1 saturated heterocycles. The fourth-order valence-electron chi connectivity index (χ4n) is 3.50. The first-order chi connectivity index (χ1) is 12.8. The highest BCUT2D eigenvalue weighted by Crippen LogP contribution is 2.25. The first-order valence-electron chi connectivity index (χ1n) is 9.08. The fraction of sp³-hybridized carbons (Fsp3) is 0.556. The maximum Gasteiger partial charge on any atom is 0.414 e. The third-order valence-electron chi connectivity index (χ3n) is 4.93. The fourth-order valence-corrected chi connectivity index (χ4v) is 4.94. The molecule has 2 N–H and O–H groups in total. The van der Waals surface area contributed by atoms with Crippen LogP contribution in [0.15, 0.2) is 35.2 Å². The lowest BCUT2D eigenvalue weighted by molar-refractivity contribution is -0.159. The summed E-state index contributed by atoms with van der Waals surface area (Å²) >= 11 is 0.